The molecule has 5 heteroatoms. The van der Waals surface area contributed by atoms with Gasteiger partial charge in [0.2, 0.25) is 11.8 Å². The van der Waals surface area contributed by atoms with Crippen molar-refractivity contribution in [3.05, 3.63) is 65.2 Å². The van der Waals surface area contributed by atoms with Crippen LogP contribution in [0.5, 0.6) is 0 Å². The second-order valence-corrected chi connectivity index (χ2v) is 6.40. The minimum Gasteiger partial charge on any atom is -0.368 e. The van der Waals surface area contributed by atoms with Crippen molar-refractivity contribution < 1.29 is 9.59 Å². The summed E-state index contributed by atoms with van der Waals surface area (Å²) in [5.74, 6) is -0.533. The smallest absolute Gasteiger partial charge is 0.238 e. The lowest BCUT2D eigenvalue weighted by atomic mass is 9.93. The van der Waals surface area contributed by atoms with Crippen LogP contribution >= 0.6 is 0 Å². The summed E-state index contributed by atoms with van der Waals surface area (Å²) < 4.78 is 0. The third kappa shape index (κ3) is 4.06. The number of aryl methyl sites for hydroxylation is 1. The van der Waals surface area contributed by atoms with E-state index in [-0.39, 0.29) is 12.5 Å². The fraction of sp³-hybridized carbons (Fsp3) is 0.300. The molecular weight excluding hydrogens is 314 g/mol. The fourth-order valence-corrected chi connectivity index (χ4v) is 3.28. The van der Waals surface area contributed by atoms with Crippen molar-refractivity contribution in [1.82, 2.24) is 4.90 Å². The Morgan fingerprint density at radius 2 is 1.92 bits per heavy atom. The summed E-state index contributed by atoms with van der Waals surface area (Å²) in [5, 5.41) is 2.91. The predicted octanol–water partition coefficient (Wildman–Crippen LogP) is 2.10. The van der Waals surface area contributed by atoms with Crippen LogP contribution in [0, 0.1) is 0 Å². The van der Waals surface area contributed by atoms with E-state index >= 15 is 0 Å². The van der Waals surface area contributed by atoms with Crippen molar-refractivity contribution in [3.63, 3.8) is 0 Å². The maximum Gasteiger partial charge on any atom is 0.238 e. The normalized spacial score (nSPS) is 16.9. The number of carbonyl (C=O) groups excluding carboxylic acids is 2. The molecule has 0 unspecified atom stereocenters. The number of nitrogens with two attached hydrogens (primary N) is 1. The van der Waals surface area contributed by atoms with Gasteiger partial charge in [0.25, 0.3) is 0 Å². The quantitative estimate of drug-likeness (QED) is 0.877. The van der Waals surface area contributed by atoms with Crippen molar-refractivity contribution >= 4 is 17.5 Å². The average molecular weight is 337 g/mol. The van der Waals surface area contributed by atoms with Crippen molar-refractivity contribution in [3.8, 4) is 0 Å². The lowest BCUT2D eigenvalue weighted by molar-refractivity contribution is -0.125. The van der Waals surface area contributed by atoms with Gasteiger partial charge in [-0.3, -0.25) is 14.5 Å². The summed E-state index contributed by atoms with van der Waals surface area (Å²) in [5.41, 5.74) is 9.77. The van der Waals surface area contributed by atoms with E-state index in [4.69, 9.17) is 5.73 Å². The Balaban J connectivity index is 1.71. The third-order valence-electron chi connectivity index (χ3n) is 4.64. The molecule has 0 spiro atoms. The zero-order chi connectivity index (χ0) is 17.8. The van der Waals surface area contributed by atoms with E-state index < -0.39 is 11.9 Å². The first-order valence-electron chi connectivity index (χ1n) is 8.55. The molecule has 1 aliphatic rings. The zero-order valence-corrected chi connectivity index (χ0v) is 14.4. The molecule has 0 aromatic heterocycles. The first-order chi connectivity index (χ1) is 12.1. The SMILES string of the molecule is CCc1cccc(NC(=O)CN2Cc3ccccc3C[C@H]2C(N)=O)c1. The predicted molar refractivity (Wildman–Crippen MR) is 98.0 cm³/mol. The van der Waals surface area contributed by atoms with Gasteiger partial charge < -0.3 is 11.1 Å². The van der Waals surface area contributed by atoms with E-state index in [9.17, 15) is 9.59 Å². The van der Waals surface area contributed by atoms with Gasteiger partial charge in [0.15, 0.2) is 0 Å². The molecule has 0 aliphatic carbocycles. The number of nitrogens with zero attached hydrogens (tertiary/aromatic N) is 1. The zero-order valence-electron chi connectivity index (χ0n) is 14.4. The Kier molecular flexibility index (Phi) is 5.14. The molecule has 0 bridgehead atoms. The van der Waals surface area contributed by atoms with Crippen molar-refractivity contribution in [1.29, 1.82) is 0 Å². The van der Waals surface area contributed by atoms with Gasteiger partial charge in [-0.15, -0.1) is 0 Å². The molecule has 5 nitrogen and oxygen atoms in total. The fourth-order valence-electron chi connectivity index (χ4n) is 3.28. The van der Waals surface area contributed by atoms with Crippen LogP contribution in [0.2, 0.25) is 0 Å². The number of fused-ring (bicyclic) bond motifs is 1. The molecule has 1 heterocycles. The molecule has 1 atom stereocenters. The van der Waals surface area contributed by atoms with E-state index in [1.165, 1.54) is 5.56 Å². The van der Waals surface area contributed by atoms with E-state index in [1.54, 1.807) is 0 Å². The van der Waals surface area contributed by atoms with Crippen LogP contribution in [0.25, 0.3) is 0 Å². The maximum atomic E-state index is 12.5. The van der Waals surface area contributed by atoms with Crippen molar-refractivity contribution in [2.45, 2.75) is 32.4 Å². The highest BCUT2D eigenvalue weighted by Gasteiger charge is 2.31. The summed E-state index contributed by atoms with van der Waals surface area (Å²) in [7, 11) is 0. The Hall–Kier alpha value is -2.66. The van der Waals surface area contributed by atoms with Gasteiger partial charge in [-0.05, 0) is 41.7 Å². The highest BCUT2D eigenvalue weighted by molar-refractivity contribution is 5.93. The minimum atomic E-state index is -0.456. The van der Waals surface area contributed by atoms with E-state index in [0.717, 1.165) is 23.2 Å². The van der Waals surface area contributed by atoms with Crippen LogP contribution in [0.4, 0.5) is 5.69 Å². The summed E-state index contributed by atoms with van der Waals surface area (Å²) in [6.45, 7) is 2.76. The van der Waals surface area contributed by atoms with Gasteiger partial charge >= 0.3 is 0 Å². The van der Waals surface area contributed by atoms with Crippen LogP contribution in [-0.2, 0) is 29.0 Å². The lowest BCUT2D eigenvalue weighted by Crippen LogP contribution is -2.50. The van der Waals surface area contributed by atoms with Gasteiger partial charge in [0.05, 0.1) is 12.6 Å². The lowest BCUT2D eigenvalue weighted by Gasteiger charge is -2.34. The molecular formula is C20H23N3O2. The van der Waals surface area contributed by atoms with Crippen LogP contribution in [0.15, 0.2) is 48.5 Å². The summed E-state index contributed by atoms with van der Waals surface area (Å²) in [6.07, 6.45) is 1.46. The van der Waals surface area contributed by atoms with E-state index in [2.05, 4.69) is 12.2 Å². The average Bonchev–Trinajstić information content (AvgIpc) is 2.61. The molecule has 2 aromatic carbocycles. The Labute approximate surface area is 147 Å². The first kappa shape index (κ1) is 17.2. The van der Waals surface area contributed by atoms with Crippen LogP contribution in [-0.4, -0.2) is 29.3 Å². The first-order valence-corrected chi connectivity index (χ1v) is 8.55. The number of anilines is 1. The molecule has 25 heavy (non-hydrogen) atoms. The van der Waals surface area contributed by atoms with Gasteiger partial charge in [-0.2, -0.15) is 0 Å². The van der Waals surface area contributed by atoms with Crippen LogP contribution < -0.4 is 11.1 Å². The summed E-state index contributed by atoms with van der Waals surface area (Å²) >= 11 is 0. The molecule has 0 saturated carbocycles. The second-order valence-electron chi connectivity index (χ2n) is 6.40. The van der Waals surface area contributed by atoms with Crippen LogP contribution in [0.1, 0.15) is 23.6 Å². The van der Waals surface area contributed by atoms with Gasteiger partial charge in [-0.25, -0.2) is 0 Å². The minimum absolute atomic E-state index is 0.137. The maximum absolute atomic E-state index is 12.5. The summed E-state index contributed by atoms with van der Waals surface area (Å²) in [4.78, 5) is 26.2. The number of carbonyl (C=O) groups is 2. The summed E-state index contributed by atoms with van der Waals surface area (Å²) in [6, 6.07) is 15.3. The topological polar surface area (TPSA) is 75.4 Å². The molecule has 1 aliphatic heterocycles. The Morgan fingerprint density at radius 3 is 2.64 bits per heavy atom. The number of benzene rings is 2. The number of nitrogens with one attached hydrogen (secondary N) is 1. The molecule has 130 valence electrons. The highest BCUT2D eigenvalue weighted by Crippen LogP contribution is 2.23. The van der Waals surface area contributed by atoms with E-state index in [0.29, 0.717) is 13.0 Å². The molecule has 2 aromatic rings. The largest absolute Gasteiger partial charge is 0.368 e. The number of amides is 2. The number of primary amides is 1. The molecule has 3 rings (SSSR count). The number of rotatable bonds is 5. The number of hydrogen-bond acceptors (Lipinski definition) is 3. The molecule has 0 fully saturated rings. The standard InChI is InChI=1S/C20H23N3O2/c1-2-14-6-5-9-17(10-14)22-19(24)13-23-12-16-8-4-3-7-15(16)11-18(23)20(21)25/h3-10,18H,2,11-13H2,1H3,(H2,21,25)(H,22,24)/t18-/m0/s1. The van der Waals surface area contributed by atoms with Crippen molar-refractivity contribution in [2.24, 2.45) is 5.73 Å². The molecule has 2 amide bonds. The van der Waals surface area contributed by atoms with Gasteiger partial charge in [-0.1, -0.05) is 43.3 Å². The van der Waals surface area contributed by atoms with Crippen molar-refractivity contribution in [2.75, 3.05) is 11.9 Å². The second kappa shape index (κ2) is 7.49. The van der Waals surface area contributed by atoms with E-state index in [1.807, 2.05) is 53.4 Å². The third-order valence-corrected chi connectivity index (χ3v) is 4.64. The number of hydrogen-bond donors (Lipinski definition) is 2. The highest BCUT2D eigenvalue weighted by atomic mass is 16.2. The van der Waals surface area contributed by atoms with Crippen LogP contribution in [0.3, 0.4) is 0 Å². The van der Waals surface area contributed by atoms with Gasteiger partial charge in [0, 0.05) is 12.2 Å². The molecule has 3 N–H and O–H groups in total. The van der Waals surface area contributed by atoms with Gasteiger partial charge in [0.1, 0.15) is 0 Å². The molecule has 0 saturated heterocycles. The Bertz CT molecular complexity index is 788. The monoisotopic (exact) mass is 337 g/mol. The Morgan fingerprint density at radius 1 is 1.16 bits per heavy atom. The molecule has 0 radical (unpaired) electrons.